The van der Waals surface area contributed by atoms with E-state index in [2.05, 4.69) is 5.32 Å². The van der Waals surface area contributed by atoms with Gasteiger partial charge in [0.1, 0.15) is 12.6 Å². The number of hydrogen-bond acceptors (Lipinski definition) is 4. The van der Waals surface area contributed by atoms with Crippen molar-refractivity contribution in [1.82, 2.24) is 10.2 Å². The normalized spacial score (nSPS) is 13.1. The SMILES string of the molecule is CC[C@H](C)NC(=O)[C@@H](C)N(CCc1ccccc1)C(=O)CN(c1cc(C)cc(C)c1)S(C)(=O)=O. The summed E-state index contributed by atoms with van der Waals surface area (Å²) in [5.74, 6) is -0.680. The van der Waals surface area contributed by atoms with Gasteiger partial charge < -0.3 is 10.2 Å². The first-order valence-corrected chi connectivity index (χ1v) is 13.5. The Balaban J connectivity index is 2.34. The lowest BCUT2D eigenvalue weighted by atomic mass is 10.1. The summed E-state index contributed by atoms with van der Waals surface area (Å²) in [6.07, 6.45) is 2.41. The van der Waals surface area contributed by atoms with Gasteiger partial charge in [-0.3, -0.25) is 13.9 Å². The van der Waals surface area contributed by atoms with Gasteiger partial charge >= 0.3 is 0 Å². The Morgan fingerprint density at radius 3 is 2.12 bits per heavy atom. The number of amides is 2. The fourth-order valence-corrected chi connectivity index (χ4v) is 4.58. The molecule has 0 aliphatic heterocycles. The average molecular weight is 488 g/mol. The summed E-state index contributed by atoms with van der Waals surface area (Å²) in [7, 11) is -3.73. The summed E-state index contributed by atoms with van der Waals surface area (Å²) < 4.78 is 26.4. The van der Waals surface area contributed by atoms with Gasteiger partial charge in [-0.2, -0.15) is 0 Å². The van der Waals surface area contributed by atoms with Crippen molar-refractivity contribution in [2.45, 2.75) is 59.5 Å². The monoisotopic (exact) mass is 487 g/mol. The largest absolute Gasteiger partial charge is 0.352 e. The van der Waals surface area contributed by atoms with Gasteiger partial charge in [0, 0.05) is 12.6 Å². The van der Waals surface area contributed by atoms with Gasteiger partial charge in [0.15, 0.2) is 0 Å². The molecule has 1 N–H and O–H groups in total. The van der Waals surface area contributed by atoms with E-state index >= 15 is 0 Å². The second-order valence-electron chi connectivity index (χ2n) is 8.93. The molecule has 0 saturated carbocycles. The van der Waals surface area contributed by atoms with Crippen molar-refractivity contribution in [2.24, 2.45) is 0 Å². The van der Waals surface area contributed by atoms with E-state index in [9.17, 15) is 18.0 Å². The molecule has 2 rings (SSSR count). The lowest BCUT2D eigenvalue weighted by molar-refractivity contribution is -0.139. The number of hydrogen-bond donors (Lipinski definition) is 1. The topological polar surface area (TPSA) is 86.8 Å². The molecule has 2 atom stereocenters. The molecule has 0 saturated heterocycles. The maximum atomic E-state index is 13.5. The van der Waals surface area contributed by atoms with Crippen LogP contribution >= 0.6 is 0 Å². The first-order chi connectivity index (χ1) is 15.9. The third-order valence-corrected chi connectivity index (χ3v) is 6.97. The minimum absolute atomic E-state index is 0.0242. The lowest BCUT2D eigenvalue weighted by Crippen LogP contribution is -2.53. The molecule has 0 unspecified atom stereocenters. The van der Waals surface area contributed by atoms with Crippen LogP contribution in [-0.2, 0) is 26.0 Å². The van der Waals surface area contributed by atoms with Crippen molar-refractivity contribution >= 4 is 27.5 Å². The highest BCUT2D eigenvalue weighted by Crippen LogP contribution is 2.22. The first-order valence-electron chi connectivity index (χ1n) is 11.6. The molecule has 0 aliphatic carbocycles. The van der Waals surface area contributed by atoms with E-state index in [1.807, 2.05) is 64.1 Å². The van der Waals surface area contributed by atoms with Crippen LogP contribution in [0.3, 0.4) is 0 Å². The van der Waals surface area contributed by atoms with Gasteiger partial charge in [-0.05, 0) is 69.4 Å². The molecule has 2 aromatic rings. The first kappa shape index (κ1) is 27.4. The van der Waals surface area contributed by atoms with Gasteiger partial charge in [-0.1, -0.05) is 43.3 Å². The number of aryl methyl sites for hydroxylation is 2. The van der Waals surface area contributed by atoms with E-state index in [0.717, 1.165) is 33.7 Å². The van der Waals surface area contributed by atoms with Crippen LogP contribution in [0, 0.1) is 13.8 Å². The number of nitrogens with one attached hydrogen (secondary N) is 1. The molecule has 34 heavy (non-hydrogen) atoms. The van der Waals surface area contributed by atoms with Crippen LogP contribution < -0.4 is 9.62 Å². The molecule has 2 amide bonds. The van der Waals surface area contributed by atoms with Crippen molar-refractivity contribution in [3.8, 4) is 0 Å². The molecule has 0 spiro atoms. The zero-order valence-electron chi connectivity index (χ0n) is 21.0. The van der Waals surface area contributed by atoms with Crippen LogP contribution in [0.4, 0.5) is 5.69 Å². The Bertz CT molecular complexity index is 1070. The molecule has 0 heterocycles. The third-order valence-electron chi connectivity index (χ3n) is 5.83. The number of anilines is 1. The number of carbonyl (C=O) groups is 2. The van der Waals surface area contributed by atoms with Crippen LogP contribution in [0.1, 0.15) is 43.9 Å². The van der Waals surface area contributed by atoms with E-state index in [-0.39, 0.29) is 18.5 Å². The van der Waals surface area contributed by atoms with Crippen LogP contribution in [0.15, 0.2) is 48.5 Å². The third kappa shape index (κ3) is 7.87. The molecule has 0 fully saturated rings. The molecule has 0 aromatic heterocycles. The zero-order valence-corrected chi connectivity index (χ0v) is 21.9. The van der Waals surface area contributed by atoms with Crippen molar-refractivity contribution in [1.29, 1.82) is 0 Å². The fraction of sp³-hybridized carbons (Fsp3) is 0.462. The quantitative estimate of drug-likeness (QED) is 0.526. The standard InChI is InChI=1S/C26H37N3O4S/c1-7-21(4)27-26(31)22(5)28(14-13-23-11-9-8-10-12-23)25(30)18-29(34(6,32)33)24-16-19(2)15-20(3)17-24/h8-12,15-17,21-22H,7,13-14,18H2,1-6H3,(H,27,31)/t21-,22+/m0/s1. The Kier molecular flexibility index (Phi) is 9.67. The number of sulfonamides is 1. The van der Waals surface area contributed by atoms with Crippen LogP contribution in [-0.4, -0.2) is 56.6 Å². The molecule has 2 aromatic carbocycles. The summed E-state index contributed by atoms with van der Waals surface area (Å²) in [6.45, 7) is 9.24. The van der Waals surface area contributed by atoms with Gasteiger partial charge in [-0.15, -0.1) is 0 Å². The summed E-state index contributed by atoms with van der Waals surface area (Å²) in [5.41, 5.74) is 3.27. The minimum atomic E-state index is -3.73. The van der Waals surface area contributed by atoms with Crippen molar-refractivity contribution in [2.75, 3.05) is 23.7 Å². The number of benzene rings is 2. The summed E-state index contributed by atoms with van der Waals surface area (Å²) in [5, 5.41) is 2.93. The van der Waals surface area contributed by atoms with E-state index in [0.29, 0.717) is 18.7 Å². The van der Waals surface area contributed by atoms with Crippen LogP contribution in [0.5, 0.6) is 0 Å². The Morgan fingerprint density at radius 1 is 1.00 bits per heavy atom. The van der Waals surface area contributed by atoms with Crippen LogP contribution in [0.2, 0.25) is 0 Å². The summed E-state index contributed by atoms with van der Waals surface area (Å²) in [6, 6.07) is 14.4. The van der Waals surface area contributed by atoms with E-state index < -0.39 is 22.0 Å². The maximum absolute atomic E-state index is 13.5. The second-order valence-corrected chi connectivity index (χ2v) is 10.8. The molecule has 186 valence electrons. The second kappa shape index (κ2) is 12.0. The predicted octanol–water partition coefficient (Wildman–Crippen LogP) is 3.44. The average Bonchev–Trinajstić information content (AvgIpc) is 2.76. The highest BCUT2D eigenvalue weighted by Gasteiger charge is 2.30. The lowest BCUT2D eigenvalue weighted by Gasteiger charge is -2.32. The molecule has 0 aliphatic rings. The van der Waals surface area contributed by atoms with Crippen molar-refractivity contribution in [3.05, 3.63) is 65.2 Å². The van der Waals surface area contributed by atoms with Crippen molar-refractivity contribution < 1.29 is 18.0 Å². The van der Waals surface area contributed by atoms with Gasteiger partial charge in [0.2, 0.25) is 21.8 Å². The van der Waals surface area contributed by atoms with Crippen molar-refractivity contribution in [3.63, 3.8) is 0 Å². The molecule has 8 heteroatoms. The number of carbonyl (C=O) groups excluding carboxylic acids is 2. The Morgan fingerprint density at radius 2 is 1.59 bits per heavy atom. The predicted molar refractivity (Wildman–Crippen MR) is 137 cm³/mol. The molecular weight excluding hydrogens is 450 g/mol. The summed E-state index contributed by atoms with van der Waals surface area (Å²) >= 11 is 0. The highest BCUT2D eigenvalue weighted by atomic mass is 32.2. The molecule has 7 nitrogen and oxygen atoms in total. The van der Waals surface area contributed by atoms with Gasteiger partial charge in [0.05, 0.1) is 11.9 Å². The minimum Gasteiger partial charge on any atom is -0.352 e. The zero-order chi connectivity index (χ0) is 25.5. The molecular formula is C26H37N3O4S. The maximum Gasteiger partial charge on any atom is 0.244 e. The van der Waals surface area contributed by atoms with Gasteiger partial charge in [-0.25, -0.2) is 8.42 Å². The number of rotatable bonds is 11. The molecule has 0 bridgehead atoms. The van der Waals surface area contributed by atoms with Gasteiger partial charge in [0.25, 0.3) is 0 Å². The van der Waals surface area contributed by atoms with Crippen LogP contribution in [0.25, 0.3) is 0 Å². The fourth-order valence-electron chi connectivity index (χ4n) is 3.74. The highest BCUT2D eigenvalue weighted by molar-refractivity contribution is 7.92. The smallest absolute Gasteiger partial charge is 0.244 e. The van der Waals surface area contributed by atoms with E-state index in [1.165, 1.54) is 4.90 Å². The summed E-state index contributed by atoms with van der Waals surface area (Å²) in [4.78, 5) is 27.9. The molecule has 0 radical (unpaired) electrons. The van der Waals surface area contributed by atoms with E-state index in [4.69, 9.17) is 0 Å². The Hall–Kier alpha value is -2.87. The number of nitrogens with zero attached hydrogens (tertiary/aromatic N) is 2. The Labute approximate surface area is 204 Å². The van der Waals surface area contributed by atoms with E-state index in [1.54, 1.807) is 19.1 Å².